The van der Waals surface area contributed by atoms with Crippen molar-refractivity contribution in [2.45, 2.75) is 12.5 Å². The third-order valence-electron chi connectivity index (χ3n) is 4.33. The largest absolute Gasteiger partial charge is 0.493 e. The molecule has 2 aliphatic rings. The van der Waals surface area contributed by atoms with E-state index in [9.17, 15) is 4.79 Å². The van der Waals surface area contributed by atoms with Crippen LogP contribution in [0, 0.1) is 0 Å². The van der Waals surface area contributed by atoms with Crippen LogP contribution in [0.1, 0.15) is 27.5 Å². The highest BCUT2D eigenvalue weighted by atomic mass is 16.5. The highest BCUT2D eigenvalue weighted by Crippen LogP contribution is 2.49. The molecule has 106 valence electrons. The minimum absolute atomic E-state index is 0.00116. The number of para-hydroxylation sites is 1. The van der Waals surface area contributed by atoms with Crippen molar-refractivity contribution in [3.05, 3.63) is 53.1 Å². The molecule has 1 atom stereocenters. The monoisotopic (exact) mass is 281 g/mol. The van der Waals surface area contributed by atoms with Gasteiger partial charge in [-0.2, -0.15) is 0 Å². The van der Waals surface area contributed by atoms with Gasteiger partial charge in [0.25, 0.3) is 5.91 Å². The molecule has 2 aliphatic heterocycles. The molecule has 0 saturated carbocycles. The summed E-state index contributed by atoms with van der Waals surface area (Å²) >= 11 is 0. The van der Waals surface area contributed by atoms with Gasteiger partial charge >= 0.3 is 0 Å². The maximum Gasteiger partial charge on any atom is 0.254 e. The Hall–Kier alpha value is -2.49. The van der Waals surface area contributed by atoms with E-state index in [1.165, 1.54) is 0 Å². The molecule has 0 fully saturated rings. The standard InChI is InChI=1S/C17H15NO3/c1-18-12-9-10-5-3-4-6-13(10)21-16-14(20-2)8-7-11(15(12)16)17(18)19/h3-8,12H,9H2,1-2H3/t12-/m0/s1. The van der Waals surface area contributed by atoms with E-state index < -0.39 is 0 Å². The Bertz CT molecular complexity index is 754. The normalized spacial score (nSPS) is 18.7. The Morgan fingerprint density at radius 1 is 1.24 bits per heavy atom. The maximum atomic E-state index is 12.4. The van der Waals surface area contributed by atoms with Gasteiger partial charge in [0.2, 0.25) is 0 Å². The molecule has 2 aromatic carbocycles. The Morgan fingerprint density at radius 2 is 2.05 bits per heavy atom. The molecule has 0 radical (unpaired) electrons. The lowest BCUT2D eigenvalue weighted by atomic mass is 9.98. The summed E-state index contributed by atoms with van der Waals surface area (Å²) in [7, 11) is 3.46. The lowest BCUT2D eigenvalue weighted by molar-refractivity contribution is 0.0774. The van der Waals surface area contributed by atoms with Gasteiger partial charge in [-0.1, -0.05) is 18.2 Å². The van der Waals surface area contributed by atoms with Crippen molar-refractivity contribution < 1.29 is 14.3 Å². The number of nitrogens with zero attached hydrogens (tertiary/aromatic N) is 1. The van der Waals surface area contributed by atoms with Crippen LogP contribution in [-0.2, 0) is 6.42 Å². The van der Waals surface area contributed by atoms with Crippen LogP contribution in [0.25, 0.3) is 0 Å². The zero-order valence-corrected chi connectivity index (χ0v) is 11.9. The Morgan fingerprint density at radius 3 is 2.86 bits per heavy atom. The average molecular weight is 281 g/mol. The minimum Gasteiger partial charge on any atom is -0.493 e. The summed E-state index contributed by atoms with van der Waals surface area (Å²) in [6.07, 6.45) is 0.756. The van der Waals surface area contributed by atoms with Crippen molar-refractivity contribution in [1.29, 1.82) is 0 Å². The summed E-state index contributed by atoms with van der Waals surface area (Å²) in [6, 6.07) is 11.6. The summed E-state index contributed by atoms with van der Waals surface area (Å²) in [4.78, 5) is 14.2. The molecule has 4 rings (SSSR count). The molecule has 0 saturated heterocycles. The van der Waals surface area contributed by atoms with Crippen LogP contribution in [-0.4, -0.2) is 25.0 Å². The van der Waals surface area contributed by atoms with Gasteiger partial charge in [-0.3, -0.25) is 4.79 Å². The number of hydrogen-bond donors (Lipinski definition) is 0. The highest BCUT2D eigenvalue weighted by molar-refractivity contribution is 6.00. The van der Waals surface area contributed by atoms with Gasteiger partial charge in [0, 0.05) is 24.6 Å². The van der Waals surface area contributed by atoms with Gasteiger partial charge in [-0.05, 0) is 23.8 Å². The smallest absolute Gasteiger partial charge is 0.254 e. The van der Waals surface area contributed by atoms with E-state index in [-0.39, 0.29) is 11.9 Å². The predicted octanol–water partition coefficient (Wildman–Crippen LogP) is 3.17. The Kier molecular flexibility index (Phi) is 2.48. The second-order valence-corrected chi connectivity index (χ2v) is 5.40. The topological polar surface area (TPSA) is 38.8 Å². The number of hydrogen-bond acceptors (Lipinski definition) is 3. The van der Waals surface area contributed by atoms with Gasteiger partial charge in [-0.25, -0.2) is 0 Å². The highest BCUT2D eigenvalue weighted by Gasteiger charge is 2.40. The molecular weight excluding hydrogens is 266 g/mol. The van der Waals surface area contributed by atoms with Gasteiger partial charge in [-0.15, -0.1) is 0 Å². The summed E-state index contributed by atoms with van der Waals surface area (Å²) in [5.41, 5.74) is 2.76. The number of rotatable bonds is 1. The molecule has 0 aliphatic carbocycles. The second kappa shape index (κ2) is 4.25. The van der Waals surface area contributed by atoms with Gasteiger partial charge < -0.3 is 14.4 Å². The average Bonchev–Trinajstić information content (AvgIpc) is 2.67. The first-order chi connectivity index (χ1) is 10.2. The van der Waals surface area contributed by atoms with Crippen molar-refractivity contribution in [2.75, 3.05) is 14.2 Å². The molecule has 0 unspecified atom stereocenters. The first-order valence-electron chi connectivity index (χ1n) is 6.94. The lowest BCUT2D eigenvalue weighted by Crippen LogP contribution is -2.24. The number of benzene rings is 2. The van der Waals surface area contributed by atoms with Crippen molar-refractivity contribution in [2.24, 2.45) is 0 Å². The first kappa shape index (κ1) is 12.3. The van der Waals surface area contributed by atoms with E-state index in [0.717, 1.165) is 23.3 Å². The van der Waals surface area contributed by atoms with Crippen LogP contribution in [0.4, 0.5) is 0 Å². The van der Waals surface area contributed by atoms with Crippen molar-refractivity contribution in [3.63, 3.8) is 0 Å². The molecule has 4 nitrogen and oxygen atoms in total. The summed E-state index contributed by atoms with van der Waals surface area (Å²) in [6.45, 7) is 0. The number of carbonyl (C=O) groups is 1. The van der Waals surface area contributed by atoms with Crippen LogP contribution in [0.3, 0.4) is 0 Å². The molecule has 0 bridgehead atoms. The second-order valence-electron chi connectivity index (χ2n) is 5.40. The zero-order chi connectivity index (χ0) is 14.6. The summed E-state index contributed by atoms with van der Waals surface area (Å²) < 4.78 is 11.5. The van der Waals surface area contributed by atoms with E-state index in [0.29, 0.717) is 17.1 Å². The quantitative estimate of drug-likeness (QED) is 0.806. The van der Waals surface area contributed by atoms with Crippen molar-refractivity contribution in [3.8, 4) is 17.2 Å². The Balaban J connectivity index is 2.00. The van der Waals surface area contributed by atoms with Gasteiger partial charge in [0.15, 0.2) is 11.5 Å². The molecule has 0 N–H and O–H groups in total. The van der Waals surface area contributed by atoms with E-state index in [1.54, 1.807) is 18.1 Å². The van der Waals surface area contributed by atoms with E-state index >= 15 is 0 Å². The third-order valence-corrected chi connectivity index (χ3v) is 4.33. The number of amides is 1. The van der Waals surface area contributed by atoms with E-state index in [2.05, 4.69) is 0 Å². The Labute approximate surface area is 122 Å². The van der Waals surface area contributed by atoms with Crippen molar-refractivity contribution >= 4 is 5.91 Å². The number of methoxy groups -OCH3 is 1. The minimum atomic E-state index is 0.00116. The van der Waals surface area contributed by atoms with Crippen molar-refractivity contribution in [1.82, 2.24) is 4.90 Å². The number of likely N-dealkylation sites (N-methyl/N-ethyl adjacent to an activating group) is 1. The molecule has 0 aromatic heterocycles. The molecular formula is C17H15NO3. The predicted molar refractivity (Wildman–Crippen MR) is 78.0 cm³/mol. The van der Waals surface area contributed by atoms with Crippen LogP contribution >= 0.6 is 0 Å². The lowest BCUT2D eigenvalue weighted by Gasteiger charge is -2.19. The van der Waals surface area contributed by atoms with E-state index in [1.807, 2.05) is 37.4 Å². The zero-order valence-electron chi connectivity index (χ0n) is 11.9. The summed E-state index contributed by atoms with van der Waals surface area (Å²) in [5.74, 6) is 2.21. The van der Waals surface area contributed by atoms with Crippen LogP contribution in [0.15, 0.2) is 36.4 Å². The van der Waals surface area contributed by atoms with Crippen LogP contribution in [0.5, 0.6) is 17.2 Å². The first-order valence-corrected chi connectivity index (χ1v) is 6.94. The van der Waals surface area contributed by atoms with E-state index in [4.69, 9.17) is 9.47 Å². The van der Waals surface area contributed by atoms with Gasteiger partial charge in [0.1, 0.15) is 5.75 Å². The maximum absolute atomic E-state index is 12.4. The van der Waals surface area contributed by atoms with Crippen LogP contribution < -0.4 is 9.47 Å². The van der Waals surface area contributed by atoms with Crippen LogP contribution in [0.2, 0.25) is 0 Å². The number of ether oxygens (including phenoxy) is 2. The third kappa shape index (κ3) is 1.59. The fraction of sp³-hybridized carbons (Fsp3) is 0.235. The molecule has 2 aromatic rings. The molecule has 1 amide bonds. The SMILES string of the molecule is COc1ccc2c3c1Oc1ccccc1C[C@@H]3N(C)C2=O. The fourth-order valence-electron chi connectivity index (χ4n) is 3.22. The summed E-state index contributed by atoms with van der Waals surface area (Å²) in [5, 5.41) is 0. The number of carbonyl (C=O) groups excluding carboxylic acids is 1. The molecule has 21 heavy (non-hydrogen) atoms. The molecule has 2 heterocycles. The molecule has 4 heteroatoms. The van der Waals surface area contributed by atoms with Gasteiger partial charge in [0.05, 0.1) is 13.2 Å². The fourth-order valence-corrected chi connectivity index (χ4v) is 3.22. The molecule has 0 spiro atoms. The number of fused-ring (bicyclic) bond motifs is 1.